The zero-order valence-corrected chi connectivity index (χ0v) is 16.1. The van der Waals surface area contributed by atoms with Crippen molar-refractivity contribution in [3.05, 3.63) is 86.8 Å². The van der Waals surface area contributed by atoms with E-state index in [1.54, 1.807) is 22.7 Å². The van der Waals surface area contributed by atoms with Gasteiger partial charge in [0.2, 0.25) is 0 Å². The van der Waals surface area contributed by atoms with Gasteiger partial charge in [0.25, 0.3) is 0 Å². The van der Waals surface area contributed by atoms with Gasteiger partial charge < -0.3 is 17.7 Å². The predicted octanol–water partition coefficient (Wildman–Crippen LogP) is 1.44. The van der Waals surface area contributed by atoms with E-state index < -0.39 is 0 Å². The van der Waals surface area contributed by atoms with Gasteiger partial charge in [-0.15, -0.1) is 0 Å². The Kier molecular flexibility index (Phi) is 7.73. The normalized spacial score (nSPS) is 11.5. The molecule has 1 unspecified atom stereocenters. The van der Waals surface area contributed by atoms with Crippen LogP contribution in [-0.4, -0.2) is 12.6 Å². The monoisotopic (exact) mass is 375 g/mol. The molecule has 24 heavy (non-hydrogen) atoms. The standard InChI is InChI=1S/C20H21NS2.ClH/c1-16(13-17-5-3-2-4-6-17)21-10-7-20(18-8-11-22-14-18)19-9-12-23-15-19;/h2-9,11-12,14-16,21H,10,13H2,1H3;1H. The fourth-order valence-corrected chi connectivity index (χ4v) is 4.04. The summed E-state index contributed by atoms with van der Waals surface area (Å²) in [5.41, 5.74) is 5.43. The zero-order valence-electron chi connectivity index (χ0n) is 13.7. The first-order valence-corrected chi connectivity index (χ1v) is 9.84. The van der Waals surface area contributed by atoms with E-state index in [-0.39, 0.29) is 12.4 Å². The summed E-state index contributed by atoms with van der Waals surface area (Å²) in [6.07, 6.45) is 3.48. The van der Waals surface area contributed by atoms with Gasteiger partial charge in [-0.05, 0) is 68.9 Å². The second kappa shape index (κ2) is 9.80. The molecule has 4 heteroatoms. The highest BCUT2D eigenvalue weighted by Crippen LogP contribution is 2.26. The van der Waals surface area contributed by atoms with Gasteiger partial charge in [0.05, 0.1) is 12.6 Å². The smallest absolute Gasteiger partial charge is 0.0953 e. The van der Waals surface area contributed by atoms with Gasteiger partial charge >= 0.3 is 0 Å². The first-order chi connectivity index (χ1) is 11.3. The van der Waals surface area contributed by atoms with Crippen molar-refractivity contribution in [2.45, 2.75) is 19.4 Å². The van der Waals surface area contributed by atoms with E-state index in [9.17, 15) is 0 Å². The van der Waals surface area contributed by atoms with E-state index in [2.05, 4.69) is 82.3 Å². The third-order valence-electron chi connectivity index (χ3n) is 3.93. The molecule has 0 aliphatic rings. The van der Waals surface area contributed by atoms with Gasteiger partial charge in [-0.25, -0.2) is 0 Å². The molecule has 0 spiro atoms. The Bertz CT molecular complexity index is 682. The van der Waals surface area contributed by atoms with E-state index in [4.69, 9.17) is 0 Å². The van der Waals surface area contributed by atoms with Crippen molar-refractivity contribution in [2.75, 3.05) is 6.54 Å². The molecule has 126 valence electrons. The van der Waals surface area contributed by atoms with Crippen molar-refractivity contribution < 1.29 is 17.7 Å². The maximum Gasteiger partial charge on any atom is 0.0953 e. The fourth-order valence-electron chi connectivity index (χ4n) is 2.73. The number of halogens is 1. The highest BCUT2D eigenvalue weighted by molar-refractivity contribution is 7.08. The van der Waals surface area contributed by atoms with E-state index in [1.807, 2.05) is 0 Å². The number of benzene rings is 1. The van der Waals surface area contributed by atoms with Crippen LogP contribution in [0.3, 0.4) is 0 Å². The summed E-state index contributed by atoms with van der Waals surface area (Å²) in [4.78, 5) is 0. The number of rotatable bonds is 7. The third kappa shape index (κ3) is 5.32. The number of quaternary nitrogens is 1. The Morgan fingerprint density at radius 2 is 1.62 bits per heavy atom. The van der Waals surface area contributed by atoms with Crippen LogP contribution in [0.1, 0.15) is 23.6 Å². The Morgan fingerprint density at radius 1 is 1.00 bits per heavy atom. The molecule has 0 bridgehead atoms. The maximum absolute atomic E-state index is 2.42. The van der Waals surface area contributed by atoms with Crippen LogP contribution < -0.4 is 17.7 Å². The number of hydrogen-bond acceptors (Lipinski definition) is 2. The minimum Gasteiger partial charge on any atom is -1.00 e. The topological polar surface area (TPSA) is 16.6 Å². The largest absolute Gasteiger partial charge is 1.00 e. The molecule has 0 saturated heterocycles. The lowest BCUT2D eigenvalue weighted by molar-refractivity contribution is -0.677. The van der Waals surface area contributed by atoms with E-state index >= 15 is 0 Å². The van der Waals surface area contributed by atoms with Gasteiger partial charge in [0, 0.05) is 6.42 Å². The molecule has 0 aliphatic carbocycles. The molecular weight excluding hydrogens is 354 g/mol. The lowest BCUT2D eigenvalue weighted by Gasteiger charge is -2.10. The summed E-state index contributed by atoms with van der Waals surface area (Å²) in [5.74, 6) is 0. The molecule has 0 saturated carbocycles. The molecule has 1 aromatic carbocycles. The lowest BCUT2D eigenvalue weighted by atomic mass is 10.0. The van der Waals surface area contributed by atoms with Crippen LogP contribution in [0.4, 0.5) is 0 Å². The molecule has 0 amide bonds. The average Bonchev–Trinajstić information content (AvgIpc) is 3.26. The molecule has 3 aromatic rings. The third-order valence-corrected chi connectivity index (χ3v) is 5.29. The van der Waals surface area contributed by atoms with Crippen molar-refractivity contribution in [2.24, 2.45) is 0 Å². The van der Waals surface area contributed by atoms with Crippen molar-refractivity contribution in [1.29, 1.82) is 0 Å². The highest BCUT2D eigenvalue weighted by atomic mass is 35.5. The summed E-state index contributed by atoms with van der Waals surface area (Å²) in [7, 11) is 0. The van der Waals surface area contributed by atoms with E-state index in [0.29, 0.717) is 6.04 Å². The maximum atomic E-state index is 2.42. The van der Waals surface area contributed by atoms with Crippen molar-refractivity contribution in [3.8, 4) is 0 Å². The molecule has 2 aromatic heterocycles. The Balaban J connectivity index is 0.00000208. The highest BCUT2D eigenvalue weighted by Gasteiger charge is 2.08. The van der Waals surface area contributed by atoms with Crippen LogP contribution in [0.2, 0.25) is 0 Å². The SMILES string of the molecule is CC(Cc1ccccc1)[NH2+]CC=C(c1ccsc1)c1ccsc1.[Cl-]. The van der Waals surface area contributed by atoms with Crippen molar-refractivity contribution in [1.82, 2.24) is 0 Å². The molecule has 2 N–H and O–H groups in total. The second-order valence-electron chi connectivity index (χ2n) is 5.78. The second-order valence-corrected chi connectivity index (χ2v) is 7.34. The molecular formula is C20H22ClNS2. The van der Waals surface area contributed by atoms with Crippen molar-refractivity contribution in [3.63, 3.8) is 0 Å². The van der Waals surface area contributed by atoms with Crippen LogP contribution in [0.15, 0.2) is 70.1 Å². The summed E-state index contributed by atoms with van der Waals surface area (Å²) < 4.78 is 0. The van der Waals surface area contributed by atoms with Crippen LogP contribution in [-0.2, 0) is 6.42 Å². The van der Waals surface area contributed by atoms with Gasteiger partial charge in [0.1, 0.15) is 0 Å². The minimum absolute atomic E-state index is 0. The Labute approximate surface area is 158 Å². The molecule has 0 radical (unpaired) electrons. The lowest BCUT2D eigenvalue weighted by Crippen LogP contribution is -3.00. The molecule has 0 fully saturated rings. The van der Waals surface area contributed by atoms with Gasteiger partial charge in [0.15, 0.2) is 0 Å². The summed E-state index contributed by atoms with van der Waals surface area (Å²) in [6, 6.07) is 15.7. The van der Waals surface area contributed by atoms with Gasteiger partial charge in [-0.1, -0.05) is 30.3 Å². The van der Waals surface area contributed by atoms with Gasteiger partial charge in [-0.2, -0.15) is 22.7 Å². The summed E-state index contributed by atoms with van der Waals surface area (Å²) in [6.45, 7) is 3.31. The number of nitrogens with two attached hydrogens (primary N) is 1. The Hall–Kier alpha value is -1.39. The van der Waals surface area contributed by atoms with E-state index in [1.165, 1.54) is 22.3 Å². The van der Waals surface area contributed by atoms with E-state index in [0.717, 1.165) is 13.0 Å². The molecule has 2 heterocycles. The first kappa shape index (κ1) is 18.9. The zero-order chi connectivity index (χ0) is 15.9. The Morgan fingerprint density at radius 3 is 2.17 bits per heavy atom. The fraction of sp³-hybridized carbons (Fsp3) is 0.200. The number of hydrogen-bond donors (Lipinski definition) is 1. The van der Waals surface area contributed by atoms with Crippen LogP contribution in [0, 0.1) is 0 Å². The molecule has 3 rings (SSSR count). The number of thiophene rings is 2. The first-order valence-electron chi connectivity index (χ1n) is 7.95. The van der Waals surface area contributed by atoms with Crippen molar-refractivity contribution >= 4 is 28.2 Å². The van der Waals surface area contributed by atoms with Crippen LogP contribution >= 0.6 is 22.7 Å². The summed E-state index contributed by atoms with van der Waals surface area (Å²) >= 11 is 3.52. The predicted molar refractivity (Wildman–Crippen MR) is 102 cm³/mol. The van der Waals surface area contributed by atoms with Crippen LogP contribution in [0.5, 0.6) is 0 Å². The van der Waals surface area contributed by atoms with Crippen LogP contribution in [0.25, 0.3) is 5.57 Å². The molecule has 0 aliphatic heterocycles. The quantitative estimate of drug-likeness (QED) is 0.643. The molecule has 1 atom stereocenters. The molecule has 1 nitrogen and oxygen atoms in total. The van der Waals surface area contributed by atoms with Gasteiger partial charge in [-0.3, -0.25) is 0 Å². The average molecular weight is 376 g/mol. The minimum atomic E-state index is 0. The summed E-state index contributed by atoms with van der Waals surface area (Å²) in [5, 5.41) is 11.2.